The number of carbonyl (C=O) groups excluding carboxylic acids is 1. The summed E-state index contributed by atoms with van der Waals surface area (Å²) in [5.41, 5.74) is 2.53. The molecule has 6 nitrogen and oxygen atoms in total. The molecule has 0 aliphatic carbocycles. The van der Waals surface area contributed by atoms with Gasteiger partial charge < -0.3 is 4.74 Å². The van der Waals surface area contributed by atoms with E-state index in [0.29, 0.717) is 23.3 Å². The average molecular weight is 275 g/mol. The second kappa shape index (κ2) is 4.77. The Balaban J connectivity index is 1.95. The summed E-state index contributed by atoms with van der Waals surface area (Å²) in [4.78, 5) is 15.8. The van der Waals surface area contributed by atoms with Gasteiger partial charge in [0.2, 0.25) is 0 Å². The number of rotatable bonds is 3. The molecule has 0 unspecified atom stereocenters. The van der Waals surface area contributed by atoms with Crippen LogP contribution in [0.5, 0.6) is 0 Å². The number of aromatic nitrogens is 3. The summed E-state index contributed by atoms with van der Waals surface area (Å²) in [6.45, 7) is 2.10. The van der Waals surface area contributed by atoms with E-state index in [9.17, 15) is 4.79 Å². The number of hydrogen-bond acceptors (Lipinski definition) is 7. The van der Waals surface area contributed by atoms with Gasteiger partial charge in [-0.2, -0.15) is 0 Å². The van der Waals surface area contributed by atoms with Crippen LogP contribution < -0.4 is 0 Å². The lowest BCUT2D eigenvalue weighted by atomic mass is 10.2. The Morgan fingerprint density at radius 3 is 3.05 bits per heavy atom. The fourth-order valence-corrected chi connectivity index (χ4v) is 2.41. The Hall–Kier alpha value is -2.28. The van der Waals surface area contributed by atoms with Gasteiger partial charge in [0.1, 0.15) is 16.0 Å². The number of carbonyl (C=O) groups is 1. The number of esters is 1. The van der Waals surface area contributed by atoms with Crippen LogP contribution in [-0.2, 0) is 4.74 Å². The first-order chi connectivity index (χ1) is 9.28. The highest BCUT2D eigenvalue weighted by molar-refractivity contribution is 7.13. The Labute approximate surface area is 112 Å². The predicted octanol–water partition coefficient (Wildman–Crippen LogP) is 2.52. The minimum Gasteiger partial charge on any atom is -0.461 e. The van der Waals surface area contributed by atoms with Crippen LogP contribution in [0.3, 0.4) is 0 Å². The maximum atomic E-state index is 11.5. The van der Waals surface area contributed by atoms with Gasteiger partial charge in [0.15, 0.2) is 5.69 Å². The number of nitrogens with zero attached hydrogens (tertiary/aromatic N) is 3. The first-order valence-electron chi connectivity index (χ1n) is 5.63. The van der Waals surface area contributed by atoms with E-state index >= 15 is 0 Å². The van der Waals surface area contributed by atoms with E-state index in [-0.39, 0.29) is 0 Å². The van der Waals surface area contributed by atoms with E-state index in [0.717, 1.165) is 10.6 Å². The lowest BCUT2D eigenvalue weighted by Gasteiger charge is -1.97. The van der Waals surface area contributed by atoms with Crippen molar-refractivity contribution in [3.05, 3.63) is 29.3 Å². The average Bonchev–Trinajstić information content (AvgIpc) is 3.07. The van der Waals surface area contributed by atoms with Gasteiger partial charge in [-0.15, -0.1) is 11.3 Å². The highest BCUT2D eigenvalue weighted by Gasteiger charge is 2.13. The molecule has 0 aliphatic heterocycles. The summed E-state index contributed by atoms with van der Waals surface area (Å²) in [5.74, 6) is -0.408. The zero-order chi connectivity index (χ0) is 13.2. The SMILES string of the molecule is CCOC(=O)c1csc(-c2ccc3nonc3c2)n1. The van der Waals surface area contributed by atoms with Gasteiger partial charge in [-0.1, -0.05) is 0 Å². The summed E-state index contributed by atoms with van der Waals surface area (Å²) in [6.07, 6.45) is 0. The number of ether oxygens (including phenoxy) is 1. The second-order valence-corrected chi connectivity index (χ2v) is 4.58. The lowest BCUT2D eigenvalue weighted by Crippen LogP contribution is -2.04. The zero-order valence-electron chi connectivity index (χ0n) is 9.99. The third-order valence-electron chi connectivity index (χ3n) is 2.49. The Kier molecular flexibility index (Phi) is 2.96. The van der Waals surface area contributed by atoms with Crippen molar-refractivity contribution in [2.75, 3.05) is 6.61 Å². The fraction of sp³-hybridized carbons (Fsp3) is 0.167. The summed E-state index contributed by atoms with van der Waals surface area (Å²) >= 11 is 1.38. The van der Waals surface area contributed by atoms with Crippen molar-refractivity contribution in [1.29, 1.82) is 0 Å². The molecule has 0 radical (unpaired) electrons. The van der Waals surface area contributed by atoms with Gasteiger partial charge in [-0.25, -0.2) is 14.4 Å². The highest BCUT2D eigenvalue weighted by atomic mass is 32.1. The number of benzene rings is 1. The van der Waals surface area contributed by atoms with Crippen molar-refractivity contribution >= 4 is 28.3 Å². The van der Waals surface area contributed by atoms with E-state index in [4.69, 9.17) is 4.74 Å². The topological polar surface area (TPSA) is 78.1 Å². The van der Waals surface area contributed by atoms with Gasteiger partial charge >= 0.3 is 5.97 Å². The Morgan fingerprint density at radius 1 is 1.37 bits per heavy atom. The maximum Gasteiger partial charge on any atom is 0.357 e. The highest BCUT2D eigenvalue weighted by Crippen LogP contribution is 2.26. The number of thiazole rings is 1. The van der Waals surface area contributed by atoms with Crippen LogP contribution in [0.4, 0.5) is 0 Å². The molecule has 0 bridgehead atoms. The van der Waals surface area contributed by atoms with Crippen LogP contribution in [0.2, 0.25) is 0 Å². The molecule has 2 heterocycles. The minimum absolute atomic E-state index is 0.320. The molecule has 0 aliphatic rings. The Morgan fingerprint density at radius 2 is 2.21 bits per heavy atom. The maximum absolute atomic E-state index is 11.5. The van der Waals surface area contributed by atoms with Crippen LogP contribution in [0.15, 0.2) is 28.2 Å². The molecule has 0 atom stereocenters. The van der Waals surface area contributed by atoms with Crippen molar-refractivity contribution in [3.63, 3.8) is 0 Å². The number of hydrogen-bond donors (Lipinski definition) is 0. The molecule has 1 aromatic carbocycles. The van der Waals surface area contributed by atoms with Crippen LogP contribution in [0, 0.1) is 0 Å². The monoisotopic (exact) mass is 275 g/mol. The third kappa shape index (κ3) is 2.19. The molecule has 0 amide bonds. The van der Waals surface area contributed by atoms with Gasteiger partial charge in [0, 0.05) is 10.9 Å². The van der Waals surface area contributed by atoms with Gasteiger partial charge in [0.25, 0.3) is 0 Å². The summed E-state index contributed by atoms with van der Waals surface area (Å²) in [5, 5.41) is 9.92. The van der Waals surface area contributed by atoms with Crippen molar-refractivity contribution in [1.82, 2.24) is 15.3 Å². The normalized spacial score (nSPS) is 10.8. The molecule has 3 aromatic rings. The smallest absolute Gasteiger partial charge is 0.357 e. The molecule has 19 heavy (non-hydrogen) atoms. The largest absolute Gasteiger partial charge is 0.461 e. The molecule has 3 rings (SSSR count). The van der Waals surface area contributed by atoms with E-state index in [1.807, 2.05) is 12.1 Å². The standard InChI is InChI=1S/C12H9N3O3S/c1-2-17-12(16)10-6-19-11(13-10)7-3-4-8-9(5-7)15-18-14-8/h3-6H,2H2,1H3. The molecule has 0 saturated heterocycles. The van der Waals surface area contributed by atoms with Crippen LogP contribution in [-0.4, -0.2) is 27.9 Å². The van der Waals surface area contributed by atoms with Gasteiger partial charge in [-0.05, 0) is 35.4 Å². The summed E-state index contributed by atoms with van der Waals surface area (Å²) < 4.78 is 9.54. The van der Waals surface area contributed by atoms with Crippen LogP contribution >= 0.6 is 11.3 Å². The third-order valence-corrected chi connectivity index (χ3v) is 3.38. The van der Waals surface area contributed by atoms with Crippen LogP contribution in [0.25, 0.3) is 21.6 Å². The minimum atomic E-state index is -0.408. The molecular weight excluding hydrogens is 266 g/mol. The second-order valence-electron chi connectivity index (χ2n) is 3.73. The first-order valence-corrected chi connectivity index (χ1v) is 6.51. The molecule has 96 valence electrons. The van der Waals surface area contributed by atoms with E-state index in [1.54, 1.807) is 18.4 Å². The first kappa shape index (κ1) is 11.8. The van der Waals surface area contributed by atoms with Crippen molar-refractivity contribution in [3.8, 4) is 10.6 Å². The molecule has 0 spiro atoms. The fourth-order valence-electron chi connectivity index (χ4n) is 1.62. The van der Waals surface area contributed by atoms with E-state index < -0.39 is 5.97 Å². The molecule has 0 fully saturated rings. The summed E-state index contributed by atoms with van der Waals surface area (Å²) in [6, 6.07) is 5.48. The van der Waals surface area contributed by atoms with E-state index in [2.05, 4.69) is 19.9 Å². The van der Waals surface area contributed by atoms with Gasteiger partial charge in [0.05, 0.1) is 6.61 Å². The molecule has 7 heteroatoms. The van der Waals surface area contributed by atoms with Gasteiger partial charge in [-0.3, -0.25) is 0 Å². The van der Waals surface area contributed by atoms with Crippen molar-refractivity contribution < 1.29 is 14.2 Å². The van der Waals surface area contributed by atoms with Crippen LogP contribution in [0.1, 0.15) is 17.4 Å². The summed E-state index contributed by atoms with van der Waals surface area (Å²) in [7, 11) is 0. The Bertz CT molecular complexity index is 734. The quantitative estimate of drug-likeness (QED) is 0.683. The molecular formula is C12H9N3O3S. The van der Waals surface area contributed by atoms with E-state index in [1.165, 1.54) is 11.3 Å². The number of fused-ring (bicyclic) bond motifs is 1. The molecule has 0 N–H and O–H groups in total. The van der Waals surface area contributed by atoms with Crippen molar-refractivity contribution in [2.24, 2.45) is 0 Å². The molecule has 0 saturated carbocycles. The zero-order valence-corrected chi connectivity index (χ0v) is 10.8. The lowest BCUT2D eigenvalue weighted by molar-refractivity contribution is 0.0520. The predicted molar refractivity (Wildman–Crippen MR) is 68.9 cm³/mol. The molecule has 2 aromatic heterocycles. The van der Waals surface area contributed by atoms with Crippen molar-refractivity contribution in [2.45, 2.75) is 6.92 Å².